The number of fused-ring (bicyclic) bond motifs is 3. The Morgan fingerprint density at radius 2 is 1.85 bits per heavy atom. The highest BCUT2D eigenvalue weighted by atomic mass is 19.4. The van der Waals surface area contributed by atoms with E-state index in [0.29, 0.717) is 5.52 Å². The van der Waals surface area contributed by atoms with E-state index in [-0.39, 0.29) is 34.8 Å². The number of pyridine rings is 1. The first-order chi connectivity index (χ1) is 15.5. The maximum Gasteiger partial charge on any atom is 0.404 e. The van der Waals surface area contributed by atoms with Crippen LogP contribution in [0.1, 0.15) is 26.3 Å². The summed E-state index contributed by atoms with van der Waals surface area (Å²) in [7, 11) is 0. The summed E-state index contributed by atoms with van der Waals surface area (Å²) in [6.45, 7) is 3.86. The topological polar surface area (TPSA) is 59.2 Å². The molecule has 0 fully saturated rings. The van der Waals surface area contributed by atoms with Crippen LogP contribution in [0, 0.1) is 28.9 Å². The Hall–Kier alpha value is -3.81. The Bertz CT molecular complexity index is 1410. The van der Waals surface area contributed by atoms with Crippen molar-refractivity contribution < 1.29 is 22.0 Å². The zero-order chi connectivity index (χ0) is 24.0. The summed E-state index contributed by atoms with van der Waals surface area (Å²) in [4.78, 5) is 9.77. The van der Waals surface area contributed by atoms with E-state index in [1.54, 1.807) is 6.92 Å². The van der Waals surface area contributed by atoms with E-state index in [2.05, 4.69) is 32.0 Å². The standard InChI is InChI=1S/C22H17F5N6/c1-4-32(15-8-13(7-14(23)9-15)5-6-21(2,3)22(25,26)27)19-18-16(24)10-28-11-17(18)33-12-29-31-20(33)30-19/h7-12H,4H2,1-3H3. The van der Waals surface area contributed by atoms with Gasteiger partial charge in [0.2, 0.25) is 0 Å². The van der Waals surface area contributed by atoms with Gasteiger partial charge in [-0.05, 0) is 39.0 Å². The van der Waals surface area contributed by atoms with Crippen LogP contribution >= 0.6 is 0 Å². The number of rotatable bonds is 3. The van der Waals surface area contributed by atoms with Gasteiger partial charge in [0, 0.05) is 17.8 Å². The van der Waals surface area contributed by atoms with Gasteiger partial charge in [-0.25, -0.2) is 8.78 Å². The monoisotopic (exact) mass is 460 g/mol. The maximum atomic E-state index is 14.8. The lowest BCUT2D eigenvalue weighted by atomic mass is 9.93. The minimum absolute atomic E-state index is 0.0378. The van der Waals surface area contributed by atoms with E-state index in [9.17, 15) is 22.0 Å². The molecule has 0 atom stereocenters. The van der Waals surface area contributed by atoms with E-state index in [4.69, 9.17) is 0 Å². The lowest BCUT2D eigenvalue weighted by molar-refractivity contribution is -0.190. The zero-order valence-electron chi connectivity index (χ0n) is 17.7. The van der Waals surface area contributed by atoms with Crippen LogP contribution in [0.2, 0.25) is 0 Å². The molecule has 0 spiro atoms. The second-order valence-corrected chi connectivity index (χ2v) is 7.77. The molecule has 170 valence electrons. The summed E-state index contributed by atoms with van der Waals surface area (Å²) >= 11 is 0. The van der Waals surface area contributed by atoms with Gasteiger partial charge in [-0.1, -0.05) is 11.8 Å². The van der Waals surface area contributed by atoms with Crippen molar-refractivity contribution in [3.63, 3.8) is 0 Å². The Kier molecular flexibility index (Phi) is 5.40. The normalized spacial score (nSPS) is 12.1. The molecule has 0 N–H and O–H groups in total. The third kappa shape index (κ3) is 4.04. The molecule has 0 unspecified atom stereocenters. The van der Waals surface area contributed by atoms with Crippen LogP contribution in [0.3, 0.4) is 0 Å². The molecule has 0 saturated carbocycles. The number of benzene rings is 1. The minimum Gasteiger partial charge on any atom is -0.326 e. The summed E-state index contributed by atoms with van der Waals surface area (Å²) in [6.07, 6.45) is -0.730. The minimum atomic E-state index is -4.55. The van der Waals surface area contributed by atoms with Crippen LogP contribution in [-0.2, 0) is 0 Å². The van der Waals surface area contributed by atoms with E-state index in [1.165, 1.54) is 34.0 Å². The molecule has 11 heteroatoms. The first kappa shape index (κ1) is 22.4. The van der Waals surface area contributed by atoms with E-state index < -0.39 is 23.2 Å². The fourth-order valence-electron chi connectivity index (χ4n) is 3.21. The molecule has 3 heterocycles. The van der Waals surface area contributed by atoms with E-state index in [0.717, 1.165) is 26.1 Å². The van der Waals surface area contributed by atoms with E-state index >= 15 is 0 Å². The van der Waals surface area contributed by atoms with Gasteiger partial charge in [0.05, 0.1) is 23.3 Å². The van der Waals surface area contributed by atoms with Crippen molar-refractivity contribution in [2.24, 2.45) is 5.41 Å². The Morgan fingerprint density at radius 3 is 2.55 bits per heavy atom. The quantitative estimate of drug-likeness (QED) is 0.316. The van der Waals surface area contributed by atoms with Gasteiger partial charge >= 0.3 is 6.18 Å². The van der Waals surface area contributed by atoms with Crippen molar-refractivity contribution in [2.45, 2.75) is 26.9 Å². The third-order valence-electron chi connectivity index (χ3n) is 5.09. The van der Waals surface area contributed by atoms with Gasteiger partial charge in [-0.3, -0.25) is 9.38 Å². The van der Waals surface area contributed by atoms with Crippen molar-refractivity contribution in [1.82, 2.24) is 24.6 Å². The van der Waals surface area contributed by atoms with E-state index in [1.807, 2.05) is 0 Å². The SMILES string of the molecule is CCN(c1cc(F)cc(C#CC(C)(C)C(F)(F)F)c1)c1nc2nncn2c2cncc(F)c12. The highest BCUT2D eigenvalue weighted by molar-refractivity contribution is 5.93. The highest BCUT2D eigenvalue weighted by Gasteiger charge is 2.46. The number of hydrogen-bond acceptors (Lipinski definition) is 5. The second-order valence-electron chi connectivity index (χ2n) is 7.77. The van der Waals surface area contributed by atoms with Crippen LogP contribution in [0.25, 0.3) is 16.7 Å². The van der Waals surface area contributed by atoms with Crippen LogP contribution in [0.5, 0.6) is 0 Å². The number of aromatic nitrogens is 5. The smallest absolute Gasteiger partial charge is 0.326 e. The van der Waals surface area contributed by atoms with Crippen molar-refractivity contribution in [2.75, 3.05) is 11.4 Å². The fourth-order valence-corrected chi connectivity index (χ4v) is 3.21. The molecule has 0 aliphatic rings. The number of hydrogen-bond donors (Lipinski definition) is 0. The maximum absolute atomic E-state index is 14.8. The molecular weight excluding hydrogens is 443 g/mol. The van der Waals surface area contributed by atoms with Gasteiger partial charge in [0.25, 0.3) is 5.78 Å². The van der Waals surface area contributed by atoms with Crippen molar-refractivity contribution in [1.29, 1.82) is 0 Å². The van der Waals surface area contributed by atoms with Gasteiger partial charge in [-0.15, -0.1) is 10.2 Å². The van der Waals surface area contributed by atoms with Crippen LogP contribution in [0.15, 0.2) is 36.9 Å². The largest absolute Gasteiger partial charge is 0.404 e. The van der Waals surface area contributed by atoms with Gasteiger partial charge < -0.3 is 4.90 Å². The molecular formula is C22H17F5N6. The molecule has 0 radical (unpaired) electrons. The predicted octanol–water partition coefficient (Wildman–Crippen LogP) is 5.05. The van der Waals surface area contributed by atoms with Crippen molar-refractivity contribution in [3.05, 3.63) is 54.1 Å². The molecule has 4 rings (SSSR count). The zero-order valence-corrected chi connectivity index (χ0v) is 17.7. The molecule has 33 heavy (non-hydrogen) atoms. The summed E-state index contributed by atoms with van der Waals surface area (Å²) in [5.74, 6) is 3.50. The Labute approximate surface area is 185 Å². The van der Waals surface area contributed by atoms with Crippen molar-refractivity contribution >= 4 is 28.2 Å². The number of anilines is 2. The molecule has 4 aromatic rings. The molecule has 6 nitrogen and oxygen atoms in total. The molecule has 0 amide bonds. The molecule has 0 saturated heterocycles. The average Bonchev–Trinajstić information content (AvgIpc) is 3.21. The first-order valence-corrected chi connectivity index (χ1v) is 9.83. The highest BCUT2D eigenvalue weighted by Crippen LogP contribution is 2.37. The first-order valence-electron chi connectivity index (χ1n) is 9.83. The number of halogens is 5. The van der Waals surface area contributed by atoms with Crippen LogP contribution in [-0.4, -0.2) is 37.3 Å². The van der Waals surface area contributed by atoms with Crippen LogP contribution < -0.4 is 4.90 Å². The van der Waals surface area contributed by atoms with Crippen LogP contribution in [0.4, 0.5) is 33.5 Å². The lowest BCUT2D eigenvalue weighted by Crippen LogP contribution is -2.30. The molecule has 0 bridgehead atoms. The predicted molar refractivity (Wildman–Crippen MR) is 112 cm³/mol. The summed E-state index contributed by atoms with van der Waals surface area (Å²) in [6, 6.07) is 3.63. The molecule has 3 aromatic heterocycles. The van der Waals surface area contributed by atoms with Gasteiger partial charge in [0.1, 0.15) is 23.4 Å². The Morgan fingerprint density at radius 1 is 1.09 bits per heavy atom. The van der Waals surface area contributed by atoms with Crippen molar-refractivity contribution in [3.8, 4) is 11.8 Å². The summed E-state index contributed by atoms with van der Waals surface area (Å²) in [5, 5.41) is 7.80. The fraction of sp³-hybridized carbons (Fsp3) is 0.273. The second kappa shape index (κ2) is 7.95. The third-order valence-corrected chi connectivity index (χ3v) is 5.09. The molecule has 0 aliphatic carbocycles. The van der Waals surface area contributed by atoms with Gasteiger partial charge in [0.15, 0.2) is 5.82 Å². The summed E-state index contributed by atoms with van der Waals surface area (Å²) in [5.41, 5.74) is -1.66. The lowest BCUT2D eigenvalue weighted by Gasteiger charge is -2.24. The average molecular weight is 460 g/mol. The Balaban J connectivity index is 1.88. The molecule has 1 aromatic carbocycles. The van der Waals surface area contributed by atoms with Gasteiger partial charge in [-0.2, -0.15) is 18.2 Å². The molecule has 0 aliphatic heterocycles. The number of nitrogens with zero attached hydrogens (tertiary/aromatic N) is 6. The summed E-state index contributed by atoms with van der Waals surface area (Å²) < 4.78 is 70.2. The number of alkyl halides is 3.